The Bertz CT molecular complexity index is 445. The third-order valence-electron chi connectivity index (χ3n) is 4.22. The molecule has 0 saturated heterocycles. The van der Waals surface area contributed by atoms with Gasteiger partial charge in [-0.3, -0.25) is 4.79 Å². The molecule has 0 aliphatic heterocycles. The van der Waals surface area contributed by atoms with Gasteiger partial charge in [0, 0.05) is 12.1 Å². The third-order valence-corrected chi connectivity index (χ3v) is 4.22. The molecule has 0 heterocycles. The van der Waals surface area contributed by atoms with Crippen LogP contribution in [0.1, 0.15) is 44.3 Å². The van der Waals surface area contributed by atoms with Gasteiger partial charge in [0.1, 0.15) is 0 Å². The fraction of sp³-hybridized carbons (Fsp3) is 0.562. The zero-order valence-corrected chi connectivity index (χ0v) is 12.0. The first kappa shape index (κ1) is 15.0. The van der Waals surface area contributed by atoms with E-state index in [0.29, 0.717) is 0 Å². The number of hydrogen-bond donors (Lipinski definition) is 3. The highest BCUT2D eigenvalue weighted by Crippen LogP contribution is 2.31. The Balaban J connectivity index is 1.89. The molecule has 0 bridgehead atoms. The summed E-state index contributed by atoms with van der Waals surface area (Å²) in [5.74, 6) is -0.191. The molecule has 1 aromatic rings. The highest BCUT2D eigenvalue weighted by molar-refractivity contribution is 5.80. The number of amides is 1. The summed E-state index contributed by atoms with van der Waals surface area (Å²) >= 11 is 0. The van der Waals surface area contributed by atoms with Gasteiger partial charge in [0.05, 0.1) is 12.0 Å². The van der Waals surface area contributed by atoms with Crippen LogP contribution in [0.4, 0.5) is 0 Å². The molecule has 2 rings (SSSR count). The second-order valence-corrected chi connectivity index (χ2v) is 5.98. The summed E-state index contributed by atoms with van der Waals surface area (Å²) in [6.45, 7) is 2.18. The van der Waals surface area contributed by atoms with Crippen molar-refractivity contribution in [2.45, 2.75) is 44.2 Å². The third kappa shape index (κ3) is 3.58. The number of aliphatic hydroxyl groups is 1. The van der Waals surface area contributed by atoms with Gasteiger partial charge in [0.15, 0.2) is 0 Å². The van der Waals surface area contributed by atoms with E-state index in [0.717, 1.165) is 31.2 Å². The highest BCUT2D eigenvalue weighted by Gasteiger charge is 2.37. The van der Waals surface area contributed by atoms with E-state index in [1.807, 2.05) is 37.3 Å². The molecule has 20 heavy (non-hydrogen) atoms. The van der Waals surface area contributed by atoms with Crippen molar-refractivity contribution in [2.24, 2.45) is 11.7 Å². The lowest BCUT2D eigenvalue weighted by atomic mass is 9.74. The van der Waals surface area contributed by atoms with Gasteiger partial charge >= 0.3 is 0 Å². The van der Waals surface area contributed by atoms with Gasteiger partial charge in [-0.15, -0.1) is 0 Å². The minimum absolute atomic E-state index is 0.0373. The summed E-state index contributed by atoms with van der Waals surface area (Å²) in [6, 6.07) is 9.35. The molecular formula is C16H24N2O2. The molecule has 0 radical (unpaired) electrons. The van der Waals surface area contributed by atoms with E-state index in [2.05, 4.69) is 5.32 Å². The van der Waals surface area contributed by atoms with Crippen molar-refractivity contribution < 1.29 is 9.90 Å². The van der Waals surface area contributed by atoms with Gasteiger partial charge in [-0.2, -0.15) is 0 Å². The molecule has 0 aromatic heterocycles. The van der Waals surface area contributed by atoms with Crippen molar-refractivity contribution in [1.82, 2.24) is 5.32 Å². The van der Waals surface area contributed by atoms with E-state index in [1.165, 1.54) is 0 Å². The SMILES string of the molecule is CC1(N)CCCCC1C(=O)NCC(O)c1ccccc1. The van der Waals surface area contributed by atoms with Crippen molar-refractivity contribution in [2.75, 3.05) is 6.54 Å². The van der Waals surface area contributed by atoms with Gasteiger partial charge in [0.25, 0.3) is 0 Å². The monoisotopic (exact) mass is 276 g/mol. The highest BCUT2D eigenvalue weighted by atomic mass is 16.3. The van der Waals surface area contributed by atoms with Crippen molar-refractivity contribution in [3.05, 3.63) is 35.9 Å². The van der Waals surface area contributed by atoms with E-state index in [9.17, 15) is 9.90 Å². The second-order valence-electron chi connectivity index (χ2n) is 5.98. The summed E-state index contributed by atoms with van der Waals surface area (Å²) in [5.41, 5.74) is 6.60. The van der Waals surface area contributed by atoms with Crippen LogP contribution in [0.5, 0.6) is 0 Å². The Labute approximate surface area is 120 Å². The van der Waals surface area contributed by atoms with Crippen LogP contribution >= 0.6 is 0 Å². The Morgan fingerprint density at radius 3 is 2.80 bits per heavy atom. The van der Waals surface area contributed by atoms with E-state index in [-0.39, 0.29) is 18.4 Å². The van der Waals surface area contributed by atoms with Crippen LogP contribution in [0, 0.1) is 5.92 Å². The molecule has 110 valence electrons. The number of nitrogens with one attached hydrogen (secondary N) is 1. The molecule has 3 unspecified atom stereocenters. The zero-order valence-electron chi connectivity index (χ0n) is 12.0. The molecule has 1 aliphatic carbocycles. The van der Waals surface area contributed by atoms with E-state index in [1.54, 1.807) is 0 Å². The van der Waals surface area contributed by atoms with Crippen molar-refractivity contribution >= 4 is 5.91 Å². The summed E-state index contributed by atoms with van der Waals surface area (Å²) in [5, 5.41) is 12.9. The molecule has 4 N–H and O–H groups in total. The second kappa shape index (κ2) is 6.37. The maximum atomic E-state index is 12.2. The van der Waals surface area contributed by atoms with E-state index in [4.69, 9.17) is 5.73 Å². The summed E-state index contributed by atoms with van der Waals surface area (Å²) in [7, 11) is 0. The lowest BCUT2D eigenvalue weighted by Gasteiger charge is -2.37. The van der Waals surface area contributed by atoms with Crippen molar-refractivity contribution in [1.29, 1.82) is 0 Å². The number of nitrogens with two attached hydrogens (primary N) is 1. The quantitative estimate of drug-likeness (QED) is 0.784. The average Bonchev–Trinajstić information content (AvgIpc) is 2.45. The first-order valence-electron chi connectivity index (χ1n) is 7.30. The number of benzene rings is 1. The average molecular weight is 276 g/mol. The Morgan fingerprint density at radius 1 is 1.45 bits per heavy atom. The van der Waals surface area contributed by atoms with Gasteiger partial charge < -0.3 is 16.2 Å². The minimum atomic E-state index is -0.673. The number of carbonyl (C=O) groups excluding carboxylic acids is 1. The van der Waals surface area contributed by atoms with Crippen LogP contribution in [0.2, 0.25) is 0 Å². The molecular weight excluding hydrogens is 252 g/mol. The maximum absolute atomic E-state index is 12.2. The minimum Gasteiger partial charge on any atom is -0.387 e. The van der Waals surface area contributed by atoms with E-state index >= 15 is 0 Å². The zero-order chi connectivity index (χ0) is 14.6. The molecule has 4 nitrogen and oxygen atoms in total. The number of aliphatic hydroxyl groups excluding tert-OH is 1. The Morgan fingerprint density at radius 2 is 2.15 bits per heavy atom. The predicted molar refractivity (Wildman–Crippen MR) is 79.0 cm³/mol. The standard InChI is InChI=1S/C16H24N2O2/c1-16(17)10-6-5-9-13(16)15(20)18-11-14(19)12-7-3-2-4-8-12/h2-4,7-8,13-14,19H,5-6,9-11,17H2,1H3,(H,18,20). The fourth-order valence-corrected chi connectivity index (χ4v) is 2.90. The molecule has 1 fully saturated rings. The van der Waals surface area contributed by atoms with Crippen LogP contribution in [0.25, 0.3) is 0 Å². The molecule has 1 aliphatic rings. The first-order chi connectivity index (χ1) is 9.50. The fourth-order valence-electron chi connectivity index (χ4n) is 2.90. The largest absolute Gasteiger partial charge is 0.387 e. The normalized spacial score (nSPS) is 27.9. The van der Waals surface area contributed by atoms with Crippen molar-refractivity contribution in [3.63, 3.8) is 0 Å². The van der Waals surface area contributed by atoms with E-state index < -0.39 is 11.6 Å². The van der Waals surface area contributed by atoms with Crippen LogP contribution in [-0.4, -0.2) is 23.1 Å². The molecule has 0 spiro atoms. The van der Waals surface area contributed by atoms with Gasteiger partial charge in [-0.1, -0.05) is 43.2 Å². The summed E-state index contributed by atoms with van der Waals surface area (Å²) < 4.78 is 0. The molecule has 1 aromatic carbocycles. The van der Waals surface area contributed by atoms with Crippen LogP contribution in [-0.2, 0) is 4.79 Å². The number of carbonyl (C=O) groups is 1. The number of hydrogen-bond acceptors (Lipinski definition) is 3. The maximum Gasteiger partial charge on any atom is 0.225 e. The predicted octanol–water partition coefficient (Wildman–Crippen LogP) is 1.74. The van der Waals surface area contributed by atoms with Gasteiger partial charge in [-0.25, -0.2) is 0 Å². The van der Waals surface area contributed by atoms with Crippen molar-refractivity contribution in [3.8, 4) is 0 Å². The molecule has 1 amide bonds. The van der Waals surface area contributed by atoms with Crippen LogP contribution in [0.3, 0.4) is 0 Å². The van der Waals surface area contributed by atoms with Crippen LogP contribution in [0.15, 0.2) is 30.3 Å². The van der Waals surface area contributed by atoms with Gasteiger partial charge in [-0.05, 0) is 25.3 Å². The first-order valence-corrected chi connectivity index (χ1v) is 7.30. The van der Waals surface area contributed by atoms with Crippen LogP contribution < -0.4 is 11.1 Å². The molecule has 1 saturated carbocycles. The smallest absolute Gasteiger partial charge is 0.225 e. The molecule has 4 heteroatoms. The van der Waals surface area contributed by atoms with Gasteiger partial charge in [0.2, 0.25) is 5.91 Å². The summed E-state index contributed by atoms with van der Waals surface area (Å²) in [4.78, 5) is 12.2. The summed E-state index contributed by atoms with van der Waals surface area (Å²) in [6.07, 6.45) is 3.18. The Kier molecular flexibility index (Phi) is 4.78. The number of rotatable bonds is 4. The lowest BCUT2D eigenvalue weighted by Crippen LogP contribution is -2.53. The molecule has 3 atom stereocenters. The lowest BCUT2D eigenvalue weighted by molar-refractivity contribution is -0.128. The topological polar surface area (TPSA) is 75.4 Å². The Hall–Kier alpha value is -1.39.